The Labute approximate surface area is 44.7 Å². The fourth-order valence-corrected chi connectivity index (χ4v) is 0.248. The van der Waals surface area contributed by atoms with E-state index < -0.39 is 0 Å². The van der Waals surface area contributed by atoms with Crippen LogP contribution in [0.3, 0.4) is 0 Å². The summed E-state index contributed by atoms with van der Waals surface area (Å²) in [5, 5.41) is 0. The topological polar surface area (TPSA) is 9.23 Å². The predicted molar refractivity (Wildman–Crippen MR) is 29.7 cm³/mol. The van der Waals surface area contributed by atoms with Gasteiger partial charge in [-0.05, 0) is 6.42 Å². The third-order valence-corrected chi connectivity index (χ3v) is 0.549. The summed E-state index contributed by atoms with van der Waals surface area (Å²) in [6.45, 7) is 2.09. The fraction of sp³-hybridized carbons (Fsp3) is 0.667. The molecular weight excluding hydrogens is 88.1 g/mol. The van der Waals surface area contributed by atoms with Crippen LogP contribution in [0.1, 0.15) is 19.8 Å². The van der Waals surface area contributed by atoms with Gasteiger partial charge in [-0.25, -0.2) is 0 Å². The molecule has 0 fully saturated rings. The van der Waals surface area contributed by atoms with Crippen molar-refractivity contribution in [3.63, 3.8) is 0 Å². The van der Waals surface area contributed by atoms with Crippen LogP contribution in [0, 0.1) is 12.0 Å². The van der Waals surface area contributed by atoms with E-state index in [2.05, 4.69) is 23.7 Å². The highest BCUT2D eigenvalue weighted by Crippen LogP contribution is 1.79. The summed E-state index contributed by atoms with van der Waals surface area (Å²) in [7, 11) is 1.57. The molecule has 0 aromatic heterocycles. The number of hydrogen-bond acceptors (Lipinski definition) is 1. The Bertz CT molecular complexity index is 75.9. The van der Waals surface area contributed by atoms with E-state index in [1.807, 2.05) is 0 Å². The maximum absolute atomic E-state index is 4.48. The van der Waals surface area contributed by atoms with Gasteiger partial charge in [-0.1, -0.05) is 12.8 Å². The molecule has 0 aliphatic carbocycles. The molecule has 0 aromatic carbocycles. The molecule has 0 aliphatic rings. The zero-order valence-corrected chi connectivity index (χ0v) is 4.82. The van der Waals surface area contributed by atoms with Crippen LogP contribution in [0.25, 0.3) is 0 Å². The van der Waals surface area contributed by atoms with Crippen LogP contribution in [0.2, 0.25) is 0 Å². The van der Waals surface area contributed by atoms with E-state index in [0.717, 1.165) is 12.8 Å². The molecular formula is C6H10O. The summed E-state index contributed by atoms with van der Waals surface area (Å²) in [6.07, 6.45) is 4.54. The van der Waals surface area contributed by atoms with Crippen LogP contribution in [0.15, 0.2) is 0 Å². The Morgan fingerprint density at radius 1 is 1.57 bits per heavy atom. The molecule has 0 radical (unpaired) electrons. The molecule has 1 nitrogen and oxygen atoms in total. The van der Waals surface area contributed by atoms with E-state index in [4.69, 9.17) is 0 Å². The van der Waals surface area contributed by atoms with E-state index in [1.54, 1.807) is 7.11 Å². The van der Waals surface area contributed by atoms with Crippen LogP contribution in [-0.4, -0.2) is 7.11 Å². The third kappa shape index (κ3) is 5.36. The Morgan fingerprint density at radius 2 is 2.29 bits per heavy atom. The molecule has 0 rings (SSSR count). The number of ether oxygens (including phenoxy) is 1. The van der Waals surface area contributed by atoms with Crippen molar-refractivity contribution in [3.05, 3.63) is 0 Å². The average Bonchev–Trinajstić information content (AvgIpc) is 1.69. The number of hydrogen-bond donors (Lipinski definition) is 0. The Hall–Kier alpha value is -0.640. The van der Waals surface area contributed by atoms with Crippen molar-refractivity contribution in [2.45, 2.75) is 19.8 Å². The van der Waals surface area contributed by atoms with Crippen LogP contribution in [-0.2, 0) is 4.74 Å². The van der Waals surface area contributed by atoms with Crippen molar-refractivity contribution >= 4 is 0 Å². The van der Waals surface area contributed by atoms with E-state index in [1.165, 1.54) is 0 Å². The molecule has 7 heavy (non-hydrogen) atoms. The first-order valence-electron chi connectivity index (χ1n) is 2.42. The molecule has 0 unspecified atom stereocenters. The van der Waals surface area contributed by atoms with Gasteiger partial charge in [0.15, 0.2) is 0 Å². The minimum absolute atomic E-state index is 0.938. The van der Waals surface area contributed by atoms with E-state index in [0.29, 0.717) is 0 Å². The lowest BCUT2D eigenvalue weighted by atomic mass is 10.4. The predicted octanol–water partition coefficient (Wildman–Crippen LogP) is 1.39. The van der Waals surface area contributed by atoms with Crippen LogP contribution in [0.4, 0.5) is 0 Å². The molecule has 1 heteroatoms. The van der Waals surface area contributed by atoms with Crippen molar-refractivity contribution in [1.82, 2.24) is 0 Å². The van der Waals surface area contributed by atoms with E-state index in [-0.39, 0.29) is 0 Å². The van der Waals surface area contributed by atoms with Crippen LogP contribution >= 0.6 is 0 Å². The standard InChI is InChI=1S/C6H10O/c1-3-4-5-6-7-2/h3-4H2,1-2H3. The maximum atomic E-state index is 4.48. The van der Waals surface area contributed by atoms with Gasteiger partial charge in [0.1, 0.15) is 6.11 Å². The van der Waals surface area contributed by atoms with Crippen molar-refractivity contribution in [2.24, 2.45) is 0 Å². The zero-order chi connectivity index (χ0) is 5.54. The highest BCUT2D eigenvalue weighted by molar-refractivity contribution is 4.89. The van der Waals surface area contributed by atoms with Gasteiger partial charge in [0, 0.05) is 6.42 Å². The third-order valence-electron chi connectivity index (χ3n) is 0.549. The lowest BCUT2D eigenvalue weighted by Gasteiger charge is -1.76. The molecule has 0 aromatic rings. The zero-order valence-electron chi connectivity index (χ0n) is 4.82. The van der Waals surface area contributed by atoms with Gasteiger partial charge in [-0.2, -0.15) is 0 Å². The molecule has 0 heterocycles. The first-order valence-corrected chi connectivity index (χ1v) is 2.42. The van der Waals surface area contributed by atoms with Gasteiger partial charge in [-0.15, -0.1) is 0 Å². The second kappa shape index (κ2) is 5.36. The van der Waals surface area contributed by atoms with Crippen molar-refractivity contribution in [3.8, 4) is 12.0 Å². The number of methoxy groups -OCH3 is 1. The minimum atomic E-state index is 0.938. The molecule has 0 spiro atoms. The normalized spacial score (nSPS) is 6.57. The van der Waals surface area contributed by atoms with E-state index in [9.17, 15) is 0 Å². The van der Waals surface area contributed by atoms with Gasteiger partial charge < -0.3 is 4.74 Å². The van der Waals surface area contributed by atoms with Gasteiger partial charge in [-0.3, -0.25) is 0 Å². The fourth-order valence-electron chi connectivity index (χ4n) is 0.248. The molecule has 0 N–H and O–H groups in total. The lowest BCUT2D eigenvalue weighted by Crippen LogP contribution is -1.65. The molecule has 0 aliphatic heterocycles. The molecule has 0 amide bonds. The summed E-state index contributed by atoms with van der Waals surface area (Å²) in [6, 6.07) is 0. The van der Waals surface area contributed by atoms with Gasteiger partial charge in [0.2, 0.25) is 0 Å². The van der Waals surface area contributed by atoms with Crippen molar-refractivity contribution in [1.29, 1.82) is 0 Å². The summed E-state index contributed by atoms with van der Waals surface area (Å²) in [4.78, 5) is 0. The van der Waals surface area contributed by atoms with Crippen LogP contribution in [0.5, 0.6) is 0 Å². The molecule has 0 atom stereocenters. The average molecular weight is 98.1 g/mol. The lowest BCUT2D eigenvalue weighted by molar-refractivity contribution is 0.371. The second-order valence-electron chi connectivity index (χ2n) is 1.23. The van der Waals surface area contributed by atoms with Crippen molar-refractivity contribution in [2.75, 3.05) is 7.11 Å². The summed E-state index contributed by atoms with van der Waals surface area (Å²) in [5.41, 5.74) is 0. The monoisotopic (exact) mass is 98.1 g/mol. The quantitative estimate of drug-likeness (QED) is 0.450. The van der Waals surface area contributed by atoms with Crippen LogP contribution < -0.4 is 0 Å². The molecule has 0 bridgehead atoms. The highest BCUT2D eigenvalue weighted by atomic mass is 16.5. The number of rotatable bonds is 1. The van der Waals surface area contributed by atoms with Crippen molar-refractivity contribution < 1.29 is 4.74 Å². The first-order chi connectivity index (χ1) is 3.41. The Kier molecular flexibility index (Phi) is 4.87. The largest absolute Gasteiger partial charge is 0.450 e. The molecule has 0 saturated heterocycles. The highest BCUT2D eigenvalue weighted by Gasteiger charge is 1.66. The summed E-state index contributed by atoms with van der Waals surface area (Å²) in [5.74, 6) is 2.81. The number of unbranched alkanes of at least 4 members (excludes halogenated alkanes) is 1. The Morgan fingerprint density at radius 3 is 2.71 bits per heavy atom. The van der Waals surface area contributed by atoms with Gasteiger partial charge >= 0.3 is 0 Å². The minimum Gasteiger partial charge on any atom is -0.450 e. The van der Waals surface area contributed by atoms with Gasteiger partial charge in [0.25, 0.3) is 0 Å². The second-order valence-corrected chi connectivity index (χ2v) is 1.23. The maximum Gasteiger partial charge on any atom is 0.109 e. The molecule has 40 valence electrons. The van der Waals surface area contributed by atoms with Gasteiger partial charge in [0.05, 0.1) is 7.11 Å². The van der Waals surface area contributed by atoms with E-state index >= 15 is 0 Å². The Balaban J connectivity index is 2.91. The smallest absolute Gasteiger partial charge is 0.109 e. The first kappa shape index (κ1) is 6.36. The summed E-state index contributed by atoms with van der Waals surface area (Å²) >= 11 is 0. The SMILES string of the molecule is CCCC#COC. The molecule has 0 saturated carbocycles. The summed E-state index contributed by atoms with van der Waals surface area (Å²) < 4.78 is 4.48.